The predicted octanol–water partition coefficient (Wildman–Crippen LogP) is 3.39. The van der Waals surface area contributed by atoms with Crippen molar-refractivity contribution < 1.29 is 4.74 Å². The molecule has 0 bridgehead atoms. The molecule has 4 nitrogen and oxygen atoms in total. The minimum absolute atomic E-state index is 0.0709. The van der Waals surface area contributed by atoms with Crippen molar-refractivity contribution in [3.05, 3.63) is 18.0 Å². The van der Waals surface area contributed by atoms with E-state index in [0.29, 0.717) is 0 Å². The van der Waals surface area contributed by atoms with Gasteiger partial charge in [0.2, 0.25) is 0 Å². The van der Waals surface area contributed by atoms with E-state index in [0.717, 1.165) is 25.9 Å². The summed E-state index contributed by atoms with van der Waals surface area (Å²) in [5.41, 5.74) is 1.30. The lowest BCUT2D eigenvalue weighted by Gasteiger charge is -2.36. The van der Waals surface area contributed by atoms with Gasteiger partial charge in [-0.3, -0.25) is 4.68 Å². The quantitative estimate of drug-likeness (QED) is 0.794. The predicted molar refractivity (Wildman–Crippen MR) is 83.8 cm³/mol. The molecule has 0 aromatic carbocycles. The van der Waals surface area contributed by atoms with Crippen LogP contribution in [0.5, 0.6) is 0 Å². The molecule has 1 aromatic rings. The summed E-state index contributed by atoms with van der Waals surface area (Å²) in [6, 6.07) is 2.29. The standard InChI is InChI=1S/C16H31N3O/c1-7-10-17-14(15(20-6)16(3,4)5)13-9-11-18-19(13)12-8-2/h9,11,14-15,17H,7-8,10,12H2,1-6H3. The van der Waals surface area contributed by atoms with Crippen molar-refractivity contribution in [2.75, 3.05) is 13.7 Å². The second-order valence-corrected chi connectivity index (χ2v) is 6.43. The highest BCUT2D eigenvalue weighted by Crippen LogP contribution is 2.32. The topological polar surface area (TPSA) is 39.1 Å². The maximum Gasteiger partial charge on any atom is 0.0829 e. The van der Waals surface area contributed by atoms with E-state index in [1.165, 1.54) is 5.69 Å². The smallest absolute Gasteiger partial charge is 0.0829 e. The van der Waals surface area contributed by atoms with E-state index in [1.54, 1.807) is 7.11 Å². The van der Waals surface area contributed by atoms with Crippen LogP contribution in [0.25, 0.3) is 0 Å². The number of rotatable bonds is 8. The van der Waals surface area contributed by atoms with Gasteiger partial charge in [0.15, 0.2) is 0 Å². The Morgan fingerprint density at radius 1 is 1.30 bits per heavy atom. The third-order valence-electron chi connectivity index (χ3n) is 3.53. The average Bonchev–Trinajstić information content (AvgIpc) is 2.81. The van der Waals surface area contributed by atoms with Crippen LogP contribution >= 0.6 is 0 Å². The third kappa shape index (κ3) is 4.32. The van der Waals surface area contributed by atoms with Gasteiger partial charge in [0.05, 0.1) is 17.8 Å². The fourth-order valence-electron chi connectivity index (χ4n) is 2.66. The fourth-order valence-corrected chi connectivity index (χ4v) is 2.66. The highest BCUT2D eigenvalue weighted by molar-refractivity contribution is 5.11. The zero-order valence-electron chi connectivity index (χ0n) is 13.9. The molecule has 0 saturated heterocycles. The van der Waals surface area contributed by atoms with Crippen LogP contribution in [-0.2, 0) is 11.3 Å². The molecule has 2 atom stereocenters. The Morgan fingerprint density at radius 3 is 2.50 bits per heavy atom. The van der Waals surface area contributed by atoms with E-state index in [4.69, 9.17) is 4.74 Å². The van der Waals surface area contributed by atoms with Crippen molar-refractivity contribution in [1.29, 1.82) is 0 Å². The van der Waals surface area contributed by atoms with Crippen molar-refractivity contribution >= 4 is 0 Å². The molecule has 0 radical (unpaired) electrons. The lowest BCUT2D eigenvalue weighted by Crippen LogP contribution is -2.42. The molecule has 20 heavy (non-hydrogen) atoms. The molecular formula is C16H31N3O. The van der Waals surface area contributed by atoms with Gasteiger partial charge in [-0.15, -0.1) is 0 Å². The van der Waals surface area contributed by atoms with E-state index < -0.39 is 0 Å². The molecule has 1 rings (SSSR count). The van der Waals surface area contributed by atoms with Gasteiger partial charge in [-0.05, 0) is 30.9 Å². The zero-order valence-corrected chi connectivity index (χ0v) is 13.9. The van der Waals surface area contributed by atoms with Gasteiger partial charge in [0, 0.05) is 19.9 Å². The van der Waals surface area contributed by atoms with Crippen molar-refractivity contribution in [2.45, 2.75) is 66.2 Å². The largest absolute Gasteiger partial charge is 0.379 e. The summed E-state index contributed by atoms with van der Waals surface area (Å²) in [5.74, 6) is 0. The molecule has 0 spiro atoms. The maximum atomic E-state index is 5.83. The Hall–Kier alpha value is -0.870. The summed E-state index contributed by atoms with van der Waals surface area (Å²) in [4.78, 5) is 0. The van der Waals surface area contributed by atoms with Gasteiger partial charge in [-0.25, -0.2) is 0 Å². The average molecular weight is 281 g/mol. The van der Waals surface area contributed by atoms with Gasteiger partial charge in [-0.2, -0.15) is 5.10 Å². The lowest BCUT2D eigenvalue weighted by atomic mass is 9.83. The Kier molecular flexibility index (Phi) is 6.69. The van der Waals surface area contributed by atoms with Crippen LogP contribution in [-0.4, -0.2) is 29.5 Å². The first-order valence-electron chi connectivity index (χ1n) is 7.73. The minimum Gasteiger partial charge on any atom is -0.379 e. The Bertz CT molecular complexity index is 381. The molecule has 1 N–H and O–H groups in total. The minimum atomic E-state index is 0.0709. The van der Waals surface area contributed by atoms with E-state index >= 15 is 0 Å². The first kappa shape index (κ1) is 17.2. The summed E-state index contributed by atoms with van der Waals surface area (Å²) in [6.07, 6.45) is 4.20. The summed E-state index contributed by atoms with van der Waals surface area (Å²) < 4.78 is 7.93. The zero-order chi connectivity index (χ0) is 15.2. The van der Waals surface area contributed by atoms with E-state index in [1.807, 2.05) is 6.20 Å². The van der Waals surface area contributed by atoms with Crippen LogP contribution in [0.4, 0.5) is 0 Å². The molecule has 0 amide bonds. The van der Waals surface area contributed by atoms with Gasteiger partial charge < -0.3 is 10.1 Å². The van der Waals surface area contributed by atoms with Crippen LogP contribution in [0.2, 0.25) is 0 Å². The molecule has 1 heterocycles. The number of nitrogens with zero attached hydrogens (tertiary/aromatic N) is 2. The Morgan fingerprint density at radius 2 is 2.00 bits per heavy atom. The van der Waals surface area contributed by atoms with Crippen molar-refractivity contribution in [3.8, 4) is 0 Å². The van der Waals surface area contributed by atoms with Crippen LogP contribution in [0.3, 0.4) is 0 Å². The van der Waals surface area contributed by atoms with Crippen LogP contribution in [0.1, 0.15) is 59.2 Å². The monoisotopic (exact) mass is 281 g/mol. The molecule has 0 fully saturated rings. The number of methoxy groups -OCH3 is 1. The summed E-state index contributed by atoms with van der Waals surface area (Å²) in [6.45, 7) is 13.0. The fraction of sp³-hybridized carbons (Fsp3) is 0.812. The van der Waals surface area contributed by atoms with Crippen molar-refractivity contribution in [3.63, 3.8) is 0 Å². The van der Waals surface area contributed by atoms with E-state index in [2.05, 4.69) is 55.8 Å². The van der Waals surface area contributed by atoms with Crippen molar-refractivity contribution in [1.82, 2.24) is 15.1 Å². The Labute approximate surface area is 123 Å². The second kappa shape index (κ2) is 7.79. The summed E-state index contributed by atoms with van der Waals surface area (Å²) in [5, 5.41) is 8.10. The number of aryl methyl sites for hydroxylation is 1. The summed E-state index contributed by atoms with van der Waals surface area (Å²) >= 11 is 0. The molecule has 2 unspecified atom stereocenters. The van der Waals surface area contributed by atoms with Gasteiger partial charge in [-0.1, -0.05) is 34.6 Å². The number of nitrogens with one attached hydrogen (secondary N) is 1. The summed E-state index contributed by atoms with van der Waals surface area (Å²) in [7, 11) is 1.80. The van der Waals surface area contributed by atoms with Crippen LogP contribution in [0.15, 0.2) is 12.3 Å². The molecule has 0 aliphatic heterocycles. The lowest BCUT2D eigenvalue weighted by molar-refractivity contribution is -0.0140. The molecule has 1 aromatic heterocycles. The number of ether oxygens (including phenoxy) is 1. The van der Waals surface area contributed by atoms with Crippen LogP contribution < -0.4 is 5.32 Å². The van der Waals surface area contributed by atoms with Gasteiger partial charge in [0.1, 0.15) is 0 Å². The van der Waals surface area contributed by atoms with Crippen molar-refractivity contribution in [2.24, 2.45) is 5.41 Å². The highest BCUT2D eigenvalue weighted by atomic mass is 16.5. The SMILES string of the molecule is CCCNC(c1ccnn1CCC)C(OC)C(C)(C)C. The first-order valence-corrected chi connectivity index (χ1v) is 7.73. The molecule has 4 heteroatoms. The number of aromatic nitrogens is 2. The van der Waals surface area contributed by atoms with Gasteiger partial charge in [0.25, 0.3) is 0 Å². The maximum absolute atomic E-state index is 5.83. The molecule has 0 aliphatic carbocycles. The molecule has 0 aliphatic rings. The number of hydrogen-bond acceptors (Lipinski definition) is 3. The highest BCUT2D eigenvalue weighted by Gasteiger charge is 2.34. The van der Waals surface area contributed by atoms with E-state index in [9.17, 15) is 0 Å². The van der Waals surface area contributed by atoms with E-state index in [-0.39, 0.29) is 17.6 Å². The number of hydrogen-bond donors (Lipinski definition) is 1. The van der Waals surface area contributed by atoms with Gasteiger partial charge >= 0.3 is 0 Å². The Balaban J connectivity index is 3.06. The van der Waals surface area contributed by atoms with Crippen LogP contribution in [0, 0.1) is 5.41 Å². The normalized spacial score (nSPS) is 15.3. The first-order chi connectivity index (χ1) is 9.45. The molecule has 0 saturated carbocycles. The third-order valence-corrected chi connectivity index (χ3v) is 3.53. The second-order valence-electron chi connectivity index (χ2n) is 6.43. The molecule has 116 valence electrons. The molecular weight excluding hydrogens is 250 g/mol.